The number of hydrogen-bond donors (Lipinski definition) is 1. The van der Waals surface area contributed by atoms with E-state index in [1.165, 1.54) is 12.1 Å². The topological polar surface area (TPSA) is 28.7 Å². The molecule has 1 N–H and O–H groups in total. The zero-order valence-electron chi connectivity index (χ0n) is 11.2. The Kier molecular flexibility index (Phi) is 4.47. The van der Waals surface area contributed by atoms with Gasteiger partial charge in [0.2, 0.25) is 0 Å². The van der Waals surface area contributed by atoms with Crippen molar-refractivity contribution >= 4 is 44.1 Å². The van der Waals surface area contributed by atoms with Crippen LogP contribution in [-0.2, 0) is 5.41 Å². The van der Waals surface area contributed by atoms with E-state index in [0.29, 0.717) is 20.5 Å². The van der Waals surface area contributed by atoms with Crippen molar-refractivity contribution in [3.8, 4) is 11.4 Å². The summed E-state index contributed by atoms with van der Waals surface area (Å²) in [5.74, 6) is 0.235. The van der Waals surface area contributed by atoms with Gasteiger partial charge in [-0.15, -0.1) is 0 Å². The highest BCUT2D eigenvalue weighted by Gasteiger charge is 2.20. The molecule has 0 unspecified atom stereocenters. The summed E-state index contributed by atoms with van der Waals surface area (Å²) in [6.07, 6.45) is 0. The lowest BCUT2D eigenvalue weighted by atomic mass is 9.92. The van der Waals surface area contributed by atoms with Crippen molar-refractivity contribution in [2.45, 2.75) is 26.2 Å². The zero-order chi connectivity index (χ0) is 15.1. The Balaban J connectivity index is 2.70. The standard InChI is InChI=1S/C14H13Br2FN2S/c1-14(2,3)11-10(16)13(20)19-12(18-11)7-4-8(15)6-9(17)5-7/h4-6H,1-3H3,(H,18,19,20). The van der Waals surface area contributed by atoms with Gasteiger partial charge in [-0.1, -0.05) is 48.9 Å². The van der Waals surface area contributed by atoms with E-state index >= 15 is 0 Å². The van der Waals surface area contributed by atoms with Gasteiger partial charge in [0.05, 0.1) is 4.47 Å². The summed E-state index contributed by atoms with van der Waals surface area (Å²) in [4.78, 5) is 7.58. The van der Waals surface area contributed by atoms with Crippen molar-refractivity contribution in [2.75, 3.05) is 0 Å². The molecule has 1 aromatic carbocycles. The van der Waals surface area contributed by atoms with Crippen LogP contribution in [0.1, 0.15) is 26.5 Å². The zero-order valence-corrected chi connectivity index (χ0v) is 15.2. The normalized spacial score (nSPS) is 11.7. The van der Waals surface area contributed by atoms with E-state index < -0.39 is 0 Å². The fourth-order valence-corrected chi connectivity index (χ4v) is 3.24. The predicted octanol–water partition coefficient (Wildman–Crippen LogP) is 5.77. The molecular formula is C14H13Br2FN2S. The molecule has 0 aliphatic carbocycles. The highest BCUT2D eigenvalue weighted by molar-refractivity contribution is 9.10. The molecule has 1 heterocycles. The van der Waals surface area contributed by atoms with Gasteiger partial charge in [-0.25, -0.2) is 9.37 Å². The average Bonchev–Trinajstić information content (AvgIpc) is 2.29. The molecule has 0 aliphatic heterocycles. The van der Waals surface area contributed by atoms with Gasteiger partial charge in [0.1, 0.15) is 16.3 Å². The van der Waals surface area contributed by atoms with Crippen LogP contribution in [0.5, 0.6) is 0 Å². The number of rotatable bonds is 1. The number of nitrogens with zero attached hydrogens (tertiary/aromatic N) is 1. The van der Waals surface area contributed by atoms with E-state index in [-0.39, 0.29) is 11.2 Å². The maximum atomic E-state index is 13.5. The fourth-order valence-electron chi connectivity index (χ4n) is 1.80. The quantitative estimate of drug-likeness (QED) is 0.594. The van der Waals surface area contributed by atoms with Crippen LogP contribution in [0.15, 0.2) is 27.1 Å². The number of nitrogens with one attached hydrogen (secondary N) is 1. The van der Waals surface area contributed by atoms with E-state index in [2.05, 4.69) is 62.6 Å². The summed E-state index contributed by atoms with van der Waals surface area (Å²) in [5.41, 5.74) is 1.46. The first-order chi connectivity index (χ1) is 9.18. The molecule has 106 valence electrons. The van der Waals surface area contributed by atoms with Crippen LogP contribution in [0.25, 0.3) is 11.4 Å². The number of halogens is 3. The summed E-state index contributed by atoms with van der Waals surface area (Å²) in [7, 11) is 0. The van der Waals surface area contributed by atoms with Crippen molar-refractivity contribution in [1.82, 2.24) is 9.97 Å². The third-order valence-electron chi connectivity index (χ3n) is 2.75. The van der Waals surface area contributed by atoms with Crippen LogP contribution >= 0.6 is 44.1 Å². The molecule has 6 heteroatoms. The van der Waals surface area contributed by atoms with E-state index in [0.717, 1.165) is 10.2 Å². The second kappa shape index (κ2) is 5.66. The number of H-pyrrole nitrogens is 1. The first-order valence-corrected chi connectivity index (χ1v) is 7.94. The van der Waals surface area contributed by atoms with Crippen molar-refractivity contribution in [3.05, 3.63) is 43.3 Å². The number of aromatic nitrogens is 2. The maximum Gasteiger partial charge on any atom is 0.144 e. The summed E-state index contributed by atoms with van der Waals surface area (Å²) in [5, 5.41) is 0. The van der Waals surface area contributed by atoms with Gasteiger partial charge in [0, 0.05) is 21.1 Å². The van der Waals surface area contributed by atoms with Gasteiger partial charge in [0.15, 0.2) is 0 Å². The highest BCUT2D eigenvalue weighted by atomic mass is 79.9. The predicted molar refractivity (Wildman–Crippen MR) is 88.9 cm³/mol. The Hall–Kier alpha value is -0.590. The largest absolute Gasteiger partial charge is 0.342 e. The first kappa shape index (κ1) is 15.8. The molecule has 0 bridgehead atoms. The van der Waals surface area contributed by atoms with Gasteiger partial charge >= 0.3 is 0 Å². The van der Waals surface area contributed by atoms with Crippen molar-refractivity contribution in [3.63, 3.8) is 0 Å². The Bertz CT molecular complexity index is 700. The van der Waals surface area contributed by atoms with Gasteiger partial charge in [-0.3, -0.25) is 0 Å². The third-order valence-corrected chi connectivity index (χ3v) is 4.54. The molecule has 2 aromatic rings. The summed E-state index contributed by atoms with van der Waals surface area (Å²) >= 11 is 12.0. The lowest BCUT2D eigenvalue weighted by Gasteiger charge is -2.21. The van der Waals surface area contributed by atoms with Crippen molar-refractivity contribution < 1.29 is 4.39 Å². The van der Waals surface area contributed by atoms with E-state index in [1.54, 1.807) is 6.07 Å². The average molecular weight is 420 g/mol. The molecule has 0 amide bonds. The summed E-state index contributed by atoms with van der Waals surface area (Å²) < 4.78 is 15.4. The molecular weight excluding hydrogens is 407 g/mol. The maximum absolute atomic E-state index is 13.5. The van der Waals surface area contributed by atoms with Gasteiger partial charge in [-0.2, -0.15) is 0 Å². The lowest BCUT2D eigenvalue weighted by molar-refractivity contribution is 0.563. The van der Waals surface area contributed by atoms with Crippen molar-refractivity contribution in [1.29, 1.82) is 0 Å². The van der Waals surface area contributed by atoms with Crippen molar-refractivity contribution in [2.24, 2.45) is 0 Å². The van der Waals surface area contributed by atoms with Crippen LogP contribution in [0.3, 0.4) is 0 Å². The minimum Gasteiger partial charge on any atom is -0.342 e. The minimum absolute atomic E-state index is 0.130. The van der Waals surface area contributed by atoms with Gasteiger partial charge in [-0.05, 0) is 34.1 Å². The monoisotopic (exact) mass is 418 g/mol. The van der Waals surface area contributed by atoms with Gasteiger partial charge < -0.3 is 4.98 Å². The second-order valence-corrected chi connectivity index (χ2v) is 7.58. The molecule has 20 heavy (non-hydrogen) atoms. The SMILES string of the molecule is CC(C)(C)c1[nH]c(-c2cc(F)cc(Br)c2)nc(=S)c1Br. The lowest BCUT2D eigenvalue weighted by Crippen LogP contribution is -2.16. The number of benzene rings is 1. The first-order valence-electron chi connectivity index (χ1n) is 5.95. The molecule has 2 rings (SSSR count). The molecule has 2 nitrogen and oxygen atoms in total. The second-order valence-electron chi connectivity index (χ2n) is 5.49. The van der Waals surface area contributed by atoms with Crippen LogP contribution in [0.2, 0.25) is 0 Å². The molecule has 0 saturated carbocycles. The van der Waals surface area contributed by atoms with Crippen LogP contribution in [0.4, 0.5) is 4.39 Å². The van der Waals surface area contributed by atoms with E-state index in [4.69, 9.17) is 12.2 Å². The Morgan fingerprint density at radius 1 is 1.20 bits per heavy atom. The smallest absolute Gasteiger partial charge is 0.144 e. The fraction of sp³-hybridized carbons (Fsp3) is 0.286. The molecule has 0 radical (unpaired) electrons. The molecule has 1 aromatic heterocycles. The van der Waals surface area contributed by atoms with Crippen LogP contribution in [-0.4, -0.2) is 9.97 Å². The molecule has 0 saturated heterocycles. The Morgan fingerprint density at radius 3 is 2.40 bits per heavy atom. The van der Waals surface area contributed by atoms with Gasteiger partial charge in [0.25, 0.3) is 0 Å². The minimum atomic E-state index is -0.323. The molecule has 0 aliphatic rings. The third kappa shape index (κ3) is 3.35. The molecule has 0 spiro atoms. The van der Waals surface area contributed by atoms with Crippen LogP contribution in [0, 0.1) is 10.5 Å². The highest BCUT2D eigenvalue weighted by Crippen LogP contribution is 2.31. The Morgan fingerprint density at radius 2 is 1.85 bits per heavy atom. The summed E-state index contributed by atoms with van der Waals surface area (Å²) in [6, 6.07) is 4.64. The van der Waals surface area contributed by atoms with E-state index in [1.807, 2.05) is 0 Å². The van der Waals surface area contributed by atoms with Crippen LogP contribution < -0.4 is 0 Å². The number of hydrogen-bond acceptors (Lipinski definition) is 2. The molecule has 0 fully saturated rings. The number of aromatic amines is 1. The molecule has 0 atom stereocenters. The summed E-state index contributed by atoms with van der Waals surface area (Å²) in [6.45, 7) is 6.22. The van der Waals surface area contributed by atoms with E-state index in [9.17, 15) is 4.39 Å². The Labute approximate surface area is 139 Å².